The van der Waals surface area contributed by atoms with Gasteiger partial charge in [0.15, 0.2) is 0 Å². The average molecular weight is 259 g/mol. The quantitative estimate of drug-likeness (QED) is 0.827. The van der Waals surface area contributed by atoms with E-state index in [4.69, 9.17) is 5.73 Å². The second-order valence-electron chi connectivity index (χ2n) is 6.27. The van der Waals surface area contributed by atoms with Crippen molar-refractivity contribution in [3.05, 3.63) is 29.3 Å². The number of rotatable bonds is 2. The minimum Gasteiger partial charge on any atom is -0.399 e. The number of benzene rings is 1. The summed E-state index contributed by atoms with van der Waals surface area (Å²) in [4.78, 5) is 5.22. The standard InChI is InChI=1S/C16H25N3/c1-12-9-13(3-6-16(12)17)10-19-8-7-14-4-5-15(11-19)18(14)2/h3,6,9,14-15H,4-5,7-8,10-11,17H2,1-2H3. The van der Waals surface area contributed by atoms with E-state index in [0.717, 1.165) is 24.3 Å². The minimum absolute atomic E-state index is 0.766. The van der Waals surface area contributed by atoms with Crippen molar-refractivity contribution in [2.24, 2.45) is 0 Å². The third-order valence-electron chi connectivity index (χ3n) is 4.97. The molecule has 2 aliphatic heterocycles. The summed E-state index contributed by atoms with van der Waals surface area (Å²) in [5.41, 5.74) is 9.39. The second-order valence-corrected chi connectivity index (χ2v) is 6.27. The molecule has 3 nitrogen and oxygen atoms in total. The monoisotopic (exact) mass is 259 g/mol. The number of likely N-dealkylation sites (tertiary alicyclic amines) is 1. The van der Waals surface area contributed by atoms with Crippen molar-refractivity contribution >= 4 is 5.69 Å². The number of fused-ring (bicyclic) bond motifs is 2. The Morgan fingerprint density at radius 1 is 1.21 bits per heavy atom. The fourth-order valence-corrected chi connectivity index (χ4v) is 3.62. The van der Waals surface area contributed by atoms with Crippen LogP contribution < -0.4 is 5.73 Å². The number of nitrogens with two attached hydrogens (primary N) is 1. The highest BCUT2D eigenvalue weighted by Gasteiger charge is 2.34. The van der Waals surface area contributed by atoms with Crippen LogP contribution in [0.15, 0.2) is 18.2 Å². The lowest BCUT2D eigenvalue weighted by Gasteiger charge is -2.25. The van der Waals surface area contributed by atoms with E-state index in [1.54, 1.807) is 0 Å². The molecule has 2 fully saturated rings. The van der Waals surface area contributed by atoms with Gasteiger partial charge in [-0.05, 0) is 50.4 Å². The molecule has 2 saturated heterocycles. The summed E-state index contributed by atoms with van der Waals surface area (Å²) >= 11 is 0. The van der Waals surface area contributed by atoms with Gasteiger partial charge < -0.3 is 5.73 Å². The average Bonchev–Trinajstić information content (AvgIpc) is 2.62. The van der Waals surface area contributed by atoms with Gasteiger partial charge in [-0.25, -0.2) is 0 Å². The van der Waals surface area contributed by atoms with Crippen molar-refractivity contribution in [2.75, 3.05) is 25.9 Å². The normalized spacial score (nSPS) is 28.5. The number of likely N-dealkylation sites (N-methyl/N-ethyl adjacent to an activating group) is 1. The van der Waals surface area contributed by atoms with Gasteiger partial charge in [0.1, 0.15) is 0 Å². The van der Waals surface area contributed by atoms with Gasteiger partial charge in [-0.15, -0.1) is 0 Å². The molecule has 1 aromatic rings. The van der Waals surface area contributed by atoms with Crippen molar-refractivity contribution in [1.82, 2.24) is 9.80 Å². The van der Waals surface area contributed by atoms with E-state index in [0.29, 0.717) is 0 Å². The summed E-state index contributed by atoms with van der Waals surface area (Å²) in [7, 11) is 2.30. The predicted octanol–water partition coefficient (Wildman–Crippen LogP) is 2.25. The number of nitrogen functional groups attached to an aromatic ring is 1. The summed E-state index contributed by atoms with van der Waals surface area (Å²) in [5, 5.41) is 0. The Morgan fingerprint density at radius 2 is 2.00 bits per heavy atom. The highest BCUT2D eigenvalue weighted by atomic mass is 15.3. The molecular weight excluding hydrogens is 234 g/mol. The molecule has 19 heavy (non-hydrogen) atoms. The number of hydrogen-bond donors (Lipinski definition) is 1. The molecule has 3 rings (SSSR count). The molecule has 2 atom stereocenters. The molecule has 104 valence electrons. The lowest BCUT2D eigenvalue weighted by molar-refractivity contribution is 0.214. The van der Waals surface area contributed by atoms with Crippen molar-refractivity contribution in [2.45, 2.75) is 44.8 Å². The Labute approximate surface area is 116 Å². The molecule has 2 N–H and O–H groups in total. The van der Waals surface area contributed by atoms with Gasteiger partial charge in [0, 0.05) is 37.4 Å². The predicted molar refractivity (Wildman–Crippen MR) is 80.1 cm³/mol. The molecule has 2 bridgehead atoms. The summed E-state index contributed by atoms with van der Waals surface area (Å²) in [6.45, 7) is 5.61. The molecule has 0 amide bonds. The number of aryl methyl sites for hydroxylation is 1. The van der Waals surface area contributed by atoms with Crippen LogP contribution >= 0.6 is 0 Å². The van der Waals surface area contributed by atoms with Crippen LogP contribution in [0.5, 0.6) is 0 Å². The van der Waals surface area contributed by atoms with Crippen LogP contribution in [0.1, 0.15) is 30.4 Å². The van der Waals surface area contributed by atoms with Crippen LogP contribution in [0.2, 0.25) is 0 Å². The Kier molecular flexibility index (Phi) is 3.50. The molecule has 3 heteroatoms. The maximum absolute atomic E-state index is 5.89. The first-order valence-electron chi connectivity index (χ1n) is 7.43. The summed E-state index contributed by atoms with van der Waals surface area (Å²) in [5.74, 6) is 0. The SMILES string of the molecule is Cc1cc(CN2CCC3CCC(C2)N3C)ccc1N. The zero-order valence-corrected chi connectivity index (χ0v) is 12.1. The van der Waals surface area contributed by atoms with Gasteiger partial charge in [-0.2, -0.15) is 0 Å². The van der Waals surface area contributed by atoms with Gasteiger partial charge in [0.05, 0.1) is 0 Å². The Balaban J connectivity index is 1.68. The van der Waals surface area contributed by atoms with Crippen molar-refractivity contribution in [3.8, 4) is 0 Å². The Hall–Kier alpha value is -1.06. The molecule has 0 aliphatic carbocycles. The van der Waals surface area contributed by atoms with Crippen LogP contribution in [-0.2, 0) is 6.54 Å². The first-order chi connectivity index (χ1) is 9.13. The largest absolute Gasteiger partial charge is 0.399 e. The van der Waals surface area contributed by atoms with E-state index in [1.807, 2.05) is 6.07 Å². The van der Waals surface area contributed by atoms with E-state index in [1.165, 1.54) is 43.5 Å². The van der Waals surface area contributed by atoms with Crippen molar-refractivity contribution < 1.29 is 0 Å². The third kappa shape index (κ3) is 2.63. The molecule has 0 spiro atoms. The van der Waals surface area contributed by atoms with Crippen LogP contribution in [-0.4, -0.2) is 42.0 Å². The maximum Gasteiger partial charge on any atom is 0.0343 e. The van der Waals surface area contributed by atoms with Crippen LogP contribution in [0.4, 0.5) is 5.69 Å². The molecule has 2 unspecified atom stereocenters. The van der Waals surface area contributed by atoms with Gasteiger partial charge >= 0.3 is 0 Å². The second kappa shape index (κ2) is 5.14. The van der Waals surface area contributed by atoms with E-state index in [9.17, 15) is 0 Å². The van der Waals surface area contributed by atoms with E-state index in [-0.39, 0.29) is 0 Å². The highest BCUT2D eigenvalue weighted by molar-refractivity contribution is 5.47. The number of nitrogens with zero attached hydrogens (tertiary/aromatic N) is 2. The van der Waals surface area contributed by atoms with Crippen LogP contribution in [0.25, 0.3) is 0 Å². The van der Waals surface area contributed by atoms with E-state index in [2.05, 4.69) is 35.9 Å². The fourth-order valence-electron chi connectivity index (χ4n) is 3.62. The van der Waals surface area contributed by atoms with Gasteiger partial charge in [-0.1, -0.05) is 12.1 Å². The minimum atomic E-state index is 0.766. The summed E-state index contributed by atoms with van der Waals surface area (Å²) < 4.78 is 0. The highest BCUT2D eigenvalue weighted by Crippen LogP contribution is 2.29. The molecule has 0 aromatic heterocycles. The van der Waals surface area contributed by atoms with Gasteiger partial charge in [0.2, 0.25) is 0 Å². The maximum atomic E-state index is 5.89. The summed E-state index contributed by atoms with van der Waals surface area (Å²) in [6, 6.07) is 8.04. The smallest absolute Gasteiger partial charge is 0.0343 e. The summed E-state index contributed by atoms with van der Waals surface area (Å²) in [6.07, 6.45) is 4.09. The first kappa shape index (κ1) is 12.9. The Morgan fingerprint density at radius 3 is 2.79 bits per heavy atom. The Bertz CT molecular complexity index is 457. The van der Waals surface area contributed by atoms with Crippen LogP contribution in [0.3, 0.4) is 0 Å². The molecule has 2 heterocycles. The zero-order valence-electron chi connectivity index (χ0n) is 12.1. The topological polar surface area (TPSA) is 32.5 Å². The van der Waals surface area contributed by atoms with E-state index < -0.39 is 0 Å². The number of anilines is 1. The fraction of sp³-hybridized carbons (Fsp3) is 0.625. The van der Waals surface area contributed by atoms with Gasteiger partial charge in [-0.3, -0.25) is 9.80 Å². The molecule has 0 radical (unpaired) electrons. The van der Waals surface area contributed by atoms with Crippen molar-refractivity contribution in [3.63, 3.8) is 0 Å². The lowest BCUT2D eigenvalue weighted by Crippen LogP contribution is -2.36. The molecule has 0 saturated carbocycles. The van der Waals surface area contributed by atoms with Crippen LogP contribution in [0, 0.1) is 6.92 Å². The lowest BCUT2D eigenvalue weighted by atomic mass is 10.1. The van der Waals surface area contributed by atoms with E-state index >= 15 is 0 Å². The zero-order chi connectivity index (χ0) is 13.4. The third-order valence-corrected chi connectivity index (χ3v) is 4.97. The van der Waals surface area contributed by atoms with Crippen molar-refractivity contribution in [1.29, 1.82) is 0 Å². The van der Waals surface area contributed by atoms with Gasteiger partial charge in [0.25, 0.3) is 0 Å². The first-order valence-corrected chi connectivity index (χ1v) is 7.43. The molecule has 1 aromatic carbocycles. The molecular formula is C16H25N3. The number of hydrogen-bond acceptors (Lipinski definition) is 3. The molecule has 2 aliphatic rings.